The number of carbonyl (C=O) groups is 1. The van der Waals surface area contributed by atoms with Crippen LogP contribution in [0.4, 0.5) is 0 Å². The molecule has 0 saturated heterocycles. The fourth-order valence-electron chi connectivity index (χ4n) is 2.47. The van der Waals surface area contributed by atoms with Gasteiger partial charge in [0.05, 0.1) is 5.69 Å². The Bertz CT molecular complexity index is 994. The highest BCUT2D eigenvalue weighted by molar-refractivity contribution is 7.13. The highest BCUT2D eigenvalue weighted by Gasteiger charge is 2.11. The van der Waals surface area contributed by atoms with Gasteiger partial charge in [-0.3, -0.25) is 4.79 Å². The van der Waals surface area contributed by atoms with E-state index in [2.05, 4.69) is 20.4 Å². The van der Waals surface area contributed by atoms with Crippen LogP contribution >= 0.6 is 11.3 Å². The molecular weight excluding hydrogens is 346 g/mol. The van der Waals surface area contributed by atoms with Crippen molar-refractivity contribution in [2.75, 3.05) is 0 Å². The molecule has 1 N–H and O–H groups in total. The van der Waals surface area contributed by atoms with E-state index in [1.54, 1.807) is 16.4 Å². The van der Waals surface area contributed by atoms with Crippen molar-refractivity contribution in [3.05, 3.63) is 83.9 Å². The number of hydrogen-bond donors (Lipinski definition) is 1. The second-order valence-corrected chi connectivity index (χ2v) is 6.45. The Morgan fingerprint density at radius 2 is 1.88 bits per heavy atom. The number of amides is 1. The first kappa shape index (κ1) is 16.2. The van der Waals surface area contributed by atoms with Crippen molar-refractivity contribution in [3.8, 4) is 16.3 Å². The zero-order valence-electron chi connectivity index (χ0n) is 13.7. The molecular formula is C19H15N5OS. The van der Waals surface area contributed by atoms with Crippen LogP contribution in [-0.4, -0.2) is 25.7 Å². The molecule has 0 unspecified atom stereocenters. The van der Waals surface area contributed by atoms with Crippen LogP contribution in [0.5, 0.6) is 0 Å². The molecule has 0 bridgehead atoms. The predicted molar refractivity (Wildman–Crippen MR) is 100 cm³/mol. The molecule has 26 heavy (non-hydrogen) atoms. The Balaban J connectivity index is 1.39. The molecule has 0 fully saturated rings. The molecule has 0 spiro atoms. The molecule has 4 aromatic rings. The molecule has 128 valence electrons. The fraction of sp³-hybridized carbons (Fsp3) is 0.0526. The summed E-state index contributed by atoms with van der Waals surface area (Å²) in [7, 11) is 0. The van der Waals surface area contributed by atoms with Gasteiger partial charge in [-0.1, -0.05) is 42.5 Å². The monoisotopic (exact) mass is 361 g/mol. The first-order chi connectivity index (χ1) is 12.8. The van der Waals surface area contributed by atoms with Crippen molar-refractivity contribution >= 4 is 17.2 Å². The zero-order chi connectivity index (χ0) is 17.8. The molecule has 2 aromatic heterocycles. The van der Waals surface area contributed by atoms with Gasteiger partial charge in [-0.2, -0.15) is 5.10 Å². The van der Waals surface area contributed by atoms with Gasteiger partial charge in [0.25, 0.3) is 5.91 Å². The average Bonchev–Trinajstić information content (AvgIpc) is 3.39. The normalized spacial score (nSPS) is 10.6. The molecule has 7 heteroatoms. The molecule has 0 aliphatic rings. The van der Waals surface area contributed by atoms with Gasteiger partial charge < -0.3 is 5.32 Å². The van der Waals surface area contributed by atoms with Crippen LogP contribution in [0.1, 0.15) is 16.1 Å². The second kappa shape index (κ2) is 7.28. The number of nitrogens with one attached hydrogen (secondary N) is 1. The quantitative estimate of drug-likeness (QED) is 0.592. The maximum atomic E-state index is 12.3. The third kappa shape index (κ3) is 3.52. The van der Waals surface area contributed by atoms with Crippen molar-refractivity contribution in [1.29, 1.82) is 0 Å². The van der Waals surface area contributed by atoms with Crippen LogP contribution in [0.3, 0.4) is 0 Å². The van der Waals surface area contributed by atoms with Gasteiger partial charge in [0.1, 0.15) is 23.4 Å². The van der Waals surface area contributed by atoms with Crippen molar-refractivity contribution in [2.24, 2.45) is 0 Å². The van der Waals surface area contributed by atoms with E-state index in [-0.39, 0.29) is 5.91 Å². The summed E-state index contributed by atoms with van der Waals surface area (Å²) in [5.74, 6) is -0.177. The Hall–Kier alpha value is -3.32. The number of nitrogens with zero attached hydrogens (tertiary/aromatic N) is 4. The van der Waals surface area contributed by atoms with Gasteiger partial charge in [0.2, 0.25) is 0 Å². The van der Waals surface area contributed by atoms with Crippen LogP contribution in [-0.2, 0) is 6.54 Å². The molecule has 0 aliphatic carbocycles. The van der Waals surface area contributed by atoms with E-state index in [9.17, 15) is 4.79 Å². The van der Waals surface area contributed by atoms with Crippen LogP contribution in [0.15, 0.2) is 72.6 Å². The van der Waals surface area contributed by atoms with E-state index in [4.69, 9.17) is 0 Å². The lowest BCUT2D eigenvalue weighted by molar-refractivity contribution is 0.0946. The molecule has 2 aromatic carbocycles. The number of rotatable bonds is 5. The van der Waals surface area contributed by atoms with Crippen LogP contribution in [0.2, 0.25) is 0 Å². The summed E-state index contributed by atoms with van der Waals surface area (Å²) < 4.78 is 1.68. The SMILES string of the molecule is O=C(NCc1ccc(-n2cncn2)cc1)c1csc(-c2ccccc2)n1. The topological polar surface area (TPSA) is 72.7 Å². The van der Waals surface area contributed by atoms with E-state index in [1.807, 2.05) is 54.6 Å². The van der Waals surface area contributed by atoms with Crippen LogP contribution in [0.25, 0.3) is 16.3 Å². The maximum absolute atomic E-state index is 12.3. The second-order valence-electron chi connectivity index (χ2n) is 5.59. The Kier molecular flexibility index (Phi) is 4.53. The van der Waals surface area contributed by atoms with Crippen LogP contribution < -0.4 is 5.32 Å². The summed E-state index contributed by atoms with van der Waals surface area (Å²) in [5.41, 5.74) is 3.37. The average molecular weight is 361 g/mol. The zero-order valence-corrected chi connectivity index (χ0v) is 14.6. The number of hydrogen-bond acceptors (Lipinski definition) is 5. The number of thiazole rings is 1. The number of carbonyl (C=O) groups excluding carboxylic acids is 1. The summed E-state index contributed by atoms with van der Waals surface area (Å²) in [6.45, 7) is 0.439. The molecule has 0 atom stereocenters. The minimum absolute atomic E-state index is 0.177. The first-order valence-corrected chi connectivity index (χ1v) is 8.91. The summed E-state index contributed by atoms with van der Waals surface area (Å²) in [6.07, 6.45) is 3.13. The molecule has 1 amide bonds. The molecule has 2 heterocycles. The van der Waals surface area contributed by atoms with Crippen molar-refractivity contribution < 1.29 is 4.79 Å². The summed E-state index contributed by atoms with van der Waals surface area (Å²) in [5, 5.41) is 9.61. The highest BCUT2D eigenvalue weighted by Crippen LogP contribution is 2.23. The first-order valence-electron chi connectivity index (χ1n) is 8.03. The van der Waals surface area contributed by atoms with Crippen molar-refractivity contribution in [1.82, 2.24) is 25.1 Å². The van der Waals surface area contributed by atoms with E-state index in [0.29, 0.717) is 12.2 Å². The summed E-state index contributed by atoms with van der Waals surface area (Å²) in [6, 6.07) is 17.6. The van der Waals surface area contributed by atoms with Gasteiger partial charge >= 0.3 is 0 Å². The smallest absolute Gasteiger partial charge is 0.271 e. The van der Waals surface area contributed by atoms with Crippen molar-refractivity contribution in [2.45, 2.75) is 6.54 Å². The Morgan fingerprint density at radius 1 is 1.08 bits per heavy atom. The third-order valence-corrected chi connectivity index (χ3v) is 4.72. The van der Waals surface area contributed by atoms with Crippen molar-refractivity contribution in [3.63, 3.8) is 0 Å². The largest absolute Gasteiger partial charge is 0.347 e. The number of aromatic nitrogens is 4. The molecule has 4 rings (SSSR count). The van der Waals surface area contributed by atoms with Gasteiger partial charge in [-0.05, 0) is 17.7 Å². The Morgan fingerprint density at radius 3 is 2.62 bits per heavy atom. The van der Waals surface area contributed by atoms with Gasteiger partial charge in [0.15, 0.2) is 0 Å². The minimum atomic E-state index is -0.177. The third-order valence-electron chi connectivity index (χ3n) is 3.83. The Labute approximate surface area is 154 Å². The minimum Gasteiger partial charge on any atom is -0.347 e. The van der Waals surface area contributed by atoms with E-state index < -0.39 is 0 Å². The number of benzene rings is 2. The molecule has 0 aliphatic heterocycles. The van der Waals surface area contributed by atoms with Gasteiger partial charge in [-0.25, -0.2) is 14.6 Å². The van der Waals surface area contributed by atoms with E-state index in [0.717, 1.165) is 21.8 Å². The highest BCUT2D eigenvalue weighted by atomic mass is 32.1. The molecule has 0 saturated carbocycles. The standard InChI is InChI=1S/C19H15N5OS/c25-18(17-11-26-19(23-17)15-4-2-1-3-5-15)21-10-14-6-8-16(9-7-14)24-13-20-12-22-24/h1-9,11-13H,10H2,(H,21,25). The lowest BCUT2D eigenvalue weighted by Crippen LogP contribution is -2.23. The molecule has 6 nitrogen and oxygen atoms in total. The lowest BCUT2D eigenvalue weighted by Gasteiger charge is -2.05. The van der Waals surface area contributed by atoms with Crippen LogP contribution in [0, 0.1) is 0 Å². The summed E-state index contributed by atoms with van der Waals surface area (Å²) >= 11 is 1.47. The summed E-state index contributed by atoms with van der Waals surface area (Å²) in [4.78, 5) is 20.7. The maximum Gasteiger partial charge on any atom is 0.271 e. The fourth-order valence-corrected chi connectivity index (χ4v) is 3.28. The molecule has 0 radical (unpaired) electrons. The van der Waals surface area contributed by atoms with E-state index in [1.165, 1.54) is 17.7 Å². The lowest BCUT2D eigenvalue weighted by atomic mass is 10.2. The van der Waals surface area contributed by atoms with E-state index >= 15 is 0 Å². The van der Waals surface area contributed by atoms with Gasteiger partial charge in [-0.15, -0.1) is 11.3 Å². The predicted octanol–water partition coefficient (Wildman–Crippen LogP) is 3.32. The van der Waals surface area contributed by atoms with Gasteiger partial charge in [0, 0.05) is 17.5 Å².